The number of hydrogen-bond donors (Lipinski definition) is 0. The van der Waals surface area contributed by atoms with E-state index in [-0.39, 0.29) is 5.91 Å². The Morgan fingerprint density at radius 3 is 3.12 bits per heavy atom. The molecule has 1 aromatic heterocycles. The molecule has 5 heteroatoms. The highest BCUT2D eigenvalue weighted by molar-refractivity contribution is 9.10. The third kappa shape index (κ3) is 2.77. The van der Waals surface area contributed by atoms with Crippen LogP contribution in [-0.2, 0) is 0 Å². The van der Waals surface area contributed by atoms with Gasteiger partial charge in [0.25, 0.3) is 5.91 Å². The van der Waals surface area contributed by atoms with Crippen LogP contribution in [0.15, 0.2) is 22.8 Å². The molecule has 86 valence electrons. The normalized spacial score (nSPS) is 16.9. The fourth-order valence-electron chi connectivity index (χ4n) is 1.64. The molecule has 0 bridgehead atoms. The Morgan fingerprint density at radius 2 is 2.31 bits per heavy atom. The van der Waals surface area contributed by atoms with Crippen molar-refractivity contribution in [3.05, 3.63) is 28.5 Å². The number of carbonyl (C=O) groups excluding carboxylic acids is 1. The Hall–Kier alpha value is -0.550. The van der Waals surface area contributed by atoms with Gasteiger partial charge in [0.05, 0.1) is 0 Å². The Morgan fingerprint density at radius 1 is 1.44 bits per heavy atom. The molecule has 1 aliphatic rings. The molecule has 2 heterocycles. The molecule has 1 aliphatic heterocycles. The van der Waals surface area contributed by atoms with Crippen LogP contribution in [0.2, 0.25) is 0 Å². The molecule has 3 nitrogen and oxygen atoms in total. The van der Waals surface area contributed by atoms with E-state index in [1.165, 1.54) is 0 Å². The van der Waals surface area contributed by atoms with E-state index in [1.54, 1.807) is 6.20 Å². The molecule has 1 amide bonds. The summed E-state index contributed by atoms with van der Waals surface area (Å²) in [6.07, 6.45) is 2.73. The second-order valence-electron chi connectivity index (χ2n) is 3.59. The molecule has 0 radical (unpaired) electrons. The van der Waals surface area contributed by atoms with E-state index in [4.69, 9.17) is 0 Å². The maximum Gasteiger partial charge on any atom is 0.273 e. The second kappa shape index (κ2) is 5.68. The number of pyridine rings is 1. The van der Waals surface area contributed by atoms with Crippen molar-refractivity contribution < 1.29 is 4.79 Å². The van der Waals surface area contributed by atoms with Crippen LogP contribution in [0.1, 0.15) is 16.9 Å². The fourth-order valence-corrected chi connectivity index (χ4v) is 2.95. The zero-order valence-corrected chi connectivity index (χ0v) is 11.3. The zero-order chi connectivity index (χ0) is 11.4. The molecule has 1 aromatic rings. The molecule has 0 aliphatic carbocycles. The highest BCUT2D eigenvalue weighted by atomic mass is 79.9. The van der Waals surface area contributed by atoms with E-state index in [9.17, 15) is 4.79 Å². The van der Waals surface area contributed by atoms with E-state index in [1.807, 2.05) is 28.8 Å². The Bertz CT molecular complexity index is 378. The number of carbonyl (C=O) groups is 1. The summed E-state index contributed by atoms with van der Waals surface area (Å²) in [7, 11) is 0. The largest absolute Gasteiger partial charge is 0.336 e. The van der Waals surface area contributed by atoms with Gasteiger partial charge < -0.3 is 4.90 Å². The van der Waals surface area contributed by atoms with E-state index in [0.717, 1.165) is 35.5 Å². The number of nitrogens with zero attached hydrogens (tertiary/aromatic N) is 2. The SMILES string of the molecule is O=C(c1ncccc1Br)N1CCCSCC1. The van der Waals surface area contributed by atoms with Crippen molar-refractivity contribution in [2.75, 3.05) is 24.6 Å². The highest BCUT2D eigenvalue weighted by Crippen LogP contribution is 2.17. The first-order valence-electron chi connectivity index (χ1n) is 5.26. The lowest BCUT2D eigenvalue weighted by molar-refractivity contribution is 0.0761. The number of hydrogen-bond acceptors (Lipinski definition) is 3. The van der Waals surface area contributed by atoms with Crippen molar-refractivity contribution >= 4 is 33.6 Å². The Kier molecular flexibility index (Phi) is 4.23. The van der Waals surface area contributed by atoms with Crippen LogP contribution in [0.3, 0.4) is 0 Å². The van der Waals surface area contributed by atoms with Gasteiger partial charge in [-0.1, -0.05) is 0 Å². The Labute approximate surface area is 108 Å². The summed E-state index contributed by atoms with van der Waals surface area (Å²) in [5.74, 6) is 2.21. The summed E-state index contributed by atoms with van der Waals surface area (Å²) in [6, 6.07) is 3.67. The average molecular weight is 301 g/mol. The van der Waals surface area contributed by atoms with Gasteiger partial charge in [-0.05, 0) is 40.2 Å². The van der Waals surface area contributed by atoms with Crippen LogP contribution in [-0.4, -0.2) is 40.4 Å². The van der Waals surface area contributed by atoms with E-state index in [2.05, 4.69) is 20.9 Å². The first-order valence-corrected chi connectivity index (χ1v) is 7.21. The minimum atomic E-state index is 0.0370. The van der Waals surface area contributed by atoms with Crippen molar-refractivity contribution in [2.24, 2.45) is 0 Å². The zero-order valence-electron chi connectivity index (χ0n) is 8.86. The van der Waals surface area contributed by atoms with Crippen molar-refractivity contribution in [2.45, 2.75) is 6.42 Å². The quantitative estimate of drug-likeness (QED) is 0.799. The molecule has 2 rings (SSSR count). The molecule has 0 unspecified atom stereocenters. The number of halogens is 1. The fraction of sp³-hybridized carbons (Fsp3) is 0.455. The molecule has 0 atom stereocenters. The van der Waals surface area contributed by atoms with Gasteiger partial charge in [0, 0.05) is 29.5 Å². The maximum absolute atomic E-state index is 12.2. The molecular formula is C11H13BrN2OS. The van der Waals surface area contributed by atoms with Gasteiger partial charge in [0.1, 0.15) is 5.69 Å². The van der Waals surface area contributed by atoms with Crippen LogP contribution in [0.4, 0.5) is 0 Å². The van der Waals surface area contributed by atoms with E-state index in [0.29, 0.717) is 5.69 Å². The van der Waals surface area contributed by atoms with Gasteiger partial charge in [0.2, 0.25) is 0 Å². The molecule has 1 saturated heterocycles. The molecule has 0 saturated carbocycles. The number of aromatic nitrogens is 1. The van der Waals surface area contributed by atoms with Crippen LogP contribution in [0.5, 0.6) is 0 Å². The average Bonchev–Trinajstić information content (AvgIpc) is 2.57. The van der Waals surface area contributed by atoms with Crippen molar-refractivity contribution in [3.8, 4) is 0 Å². The van der Waals surface area contributed by atoms with Crippen molar-refractivity contribution in [3.63, 3.8) is 0 Å². The first-order chi connectivity index (χ1) is 7.79. The molecule has 16 heavy (non-hydrogen) atoms. The summed E-state index contributed by atoms with van der Waals surface area (Å²) in [4.78, 5) is 18.2. The van der Waals surface area contributed by atoms with Crippen molar-refractivity contribution in [1.82, 2.24) is 9.88 Å². The smallest absolute Gasteiger partial charge is 0.273 e. The summed E-state index contributed by atoms with van der Waals surface area (Å²) in [5.41, 5.74) is 0.523. The van der Waals surface area contributed by atoms with Gasteiger partial charge in [0.15, 0.2) is 0 Å². The van der Waals surface area contributed by atoms with Crippen LogP contribution in [0, 0.1) is 0 Å². The minimum Gasteiger partial charge on any atom is -0.336 e. The molecule has 0 spiro atoms. The lowest BCUT2D eigenvalue weighted by Crippen LogP contribution is -2.33. The molecule has 1 fully saturated rings. The van der Waals surface area contributed by atoms with Gasteiger partial charge in [-0.15, -0.1) is 0 Å². The minimum absolute atomic E-state index is 0.0370. The predicted molar refractivity (Wildman–Crippen MR) is 69.8 cm³/mol. The summed E-state index contributed by atoms with van der Waals surface area (Å²) in [6.45, 7) is 1.67. The predicted octanol–water partition coefficient (Wildman–Crippen LogP) is 2.42. The van der Waals surface area contributed by atoms with Crippen molar-refractivity contribution in [1.29, 1.82) is 0 Å². The summed E-state index contributed by atoms with van der Waals surface area (Å²) < 4.78 is 0.775. The van der Waals surface area contributed by atoms with Gasteiger partial charge in [-0.25, -0.2) is 4.98 Å². The second-order valence-corrected chi connectivity index (χ2v) is 5.67. The van der Waals surface area contributed by atoms with Gasteiger partial charge in [-0.3, -0.25) is 4.79 Å². The van der Waals surface area contributed by atoms with Crippen LogP contribution in [0.25, 0.3) is 0 Å². The Balaban J connectivity index is 2.14. The topological polar surface area (TPSA) is 33.2 Å². The lowest BCUT2D eigenvalue weighted by atomic mass is 10.3. The van der Waals surface area contributed by atoms with E-state index < -0.39 is 0 Å². The number of amides is 1. The highest BCUT2D eigenvalue weighted by Gasteiger charge is 2.20. The van der Waals surface area contributed by atoms with Gasteiger partial charge >= 0.3 is 0 Å². The number of thioether (sulfide) groups is 1. The third-order valence-electron chi connectivity index (χ3n) is 2.47. The van der Waals surface area contributed by atoms with Gasteiger partial charge in [-0.2, -0.15) is 11.8 Å². The van der Waals surface area contributed by atoms with Crippen LogP contribution >= 0.6 is 27.7 Å². The number of rotatable bonds is 1. The molecule has 0 N–H and O–H groups in total. The first kappa shape index (κ1) is 11.9. The van der Waals surface area contributed by atoms with E-state index >= 15 is 0 Å². The standard InChI is InChI=1S/C11H13BrN2OS/c12-9-3-1-4-13-10(9)11(15)14-5-2-7-16-8-6-14/h1,3-4H,2,5-8H2. The molecule has 0 aromatic carbocycles. The summed E-state index contributed by atoms with van der Waals surface area (Å²) in [5, 5.41) is 0. The maximum atomic E-state index is 12.2. The van der Waals surface area contributed by atoms with Crippen LogP contribution < -0.4 is 0 Å². The third-order valence-corrected chi connectivity index (χ3v) is 4.16. The summed E-state index contributed by atoms with van der Waals surface area (Å²) >= 11 is 5.28. The molecular weight excluding hydrogens is 288 g/mol. The monoisotopic (exact) mass is 300 g/mol. The lowest BCUT2D eigenvalue weighted by Gasteiger charge is -2.19.